The van der Waals surface area contributed by atoms with Gasteiger partial charge in [-0.05, 0) is 60.3 Å². The molecule has 1 aliphatic rings. The summed E-state index contributed by atoms with van der Waals surface area (Å²) in [5, 5.41) is 3.49. The zero-order valence-corrected chi connectivity index (χ0v) is 16.0. The van der Waals surface area contributed by atoms with Gasteiger partial charge in [-0.25, -0.2) is 0 Å². The van der Waals surface area contributed by atoms with Crippen LogP contribution in [0.3, 0.4) is 0 Å². The van der Waals surface area contributed by atoms with Gasteiger partial charge in [0.2, 0.25) is 0 Å². The molecule has 1 N–H and O–H groups in total. The van der Waals surface area contributed by atoms with Crippen molar-refractivity contribution in [3.63, 3.8) is 0 Å². The normalized spacial score (nSPS) is 16.5. The fourth-order valence-corrected chi connectivity index (χ4v) is 3.47. The van der Waals surface area contributed by atoms with Gasteiger partial charge in [-0.2, -0.15) is 4.99 Å². The minimum Gasteiger partial charge on any atom is -0.457 e. The third-order valence-corrected chi connectivity index (χ3v) is 5.07. The van der Waals surface area contributed by atoms with Crippen LogP contribution < -0.4 is 5.32 Å². The monoisotopic (exact) mass is 408 g/mol. The van der Waals surface area contributed by atoms with Gasteiger partial charge in [-0.15, -0.1) is 0 Å². The molecule has 0 unspecified atom stereocenters. The number of thioether (sulfide) groups is 1. The summed E-state index contributed by atoms with van der Waals surface area (Å²) in [6, 6.07) is 19.5. The lowest BCUT2D eigenvalue weighted by Crippen LogP contribution is -2.20. The number of hydrogen-bond acceptors (Lipinski definition) is 4. The van der Waals surface area contributed by atoms with Gasteiger partial charge >= 0.3 is 0 Å². The number of nitrogens with one attached hydrogen (secondary N) is 1. The molecule has 138 valence electrons. The molecule has 0 aliphatic carbocycles. The third-order valence-electron chi connectivity index (χ3n) is 3.90. The number of aliphatic imine (C=N–C) groups is 1. The van der Waals surface area contributed by atoms with E-state index in [-0.39, 0.29) is 11.1 Å². The van der Waals surface area contributed by atoms with E-state index in [0.717, 1.165) is 17.3 Å². The summed E-state index contributed by atoms with van der Waals surface area (Å²) in [6.07, 6.45) is 1.62. The van der Waals surface area contributed by atoms with E-state index in [0.29, 0.717) is 27.0 Å². The first-order chi connectivity index (χ1) is 13.6. The van der Waals surface area contributed by atoms with E-state index in [2.05, 4.69) is 10.3 Å². The van der Waals surface area contributed by atoms with Gasteiger partial charge < -0.3 is 9.73 Å². The summed E-state index contributed by atoms with van der Waals surface area (Å²) in [5.41, 5.74) is 1.34. The van der Waals surface area contributed by atoms with Crippen LogP contribution in [0.2, 0.25) is 5.02 Å². The molecule has 1 fully saturated rings. The minimum atomic E-state index is -0.410. The zero-order valence-electron chi connectivity index (χ0n) is 14.4. The molecule has 4 rings (SSSR count). The second-order valence-corrected chi connectivity index (χ2v) is 7.33. The highest BCUT2D eigenvalue weighted by molar-refractivity contribution is 8.18. The van der Waals surface area contributed by atoms with E-state index in [4.69, 9.17) is 16.0 Å². The summed E-state index contributed by atoms with van der Waals surface area (Å²) < 4.78 is 5.79. The Labute approximate surface area is 170 Å². The maximum absolute atomic E-state index is 12.2. The number of carbonyl (C=O) groups excluding carboxylic acids is 2. The maximum atomic E-state index is 12.2. The van der Waals surface area contributed by atoms with Gasteiger partial charge in [0.15, 0.2) is 5.17 Å². The number of rotatable bonds is 3. The summed E-state index contributed by atoms with van der Waals surface area (Å²) in [5.74, 6) is 0.458. The molecule has 0 bridgehead atoms. The Hall–Kier alpha value is -3.09. The number of amidine groups is 1. The third kappa shape index (κ3) is 4.08. The molecule has 0 atom stereocenters. The molecule has 1 aliphatic heterocycles. The molecule has 5 nitrogen and oxygen atoms in total. The topological polar surface area (TPSA) is 71.7 Å². The Balaban J connectivity index is 1.51. The Bertz CT molecular complexity index is 1100. The molecule has 0 saturated carbocycles. The average Bonchev–Trinajstić information content (AvgIpc) is 3.30. The first-order valence-corrected chi connectivity index (χ1v) is 9.53. The standard InChI is InChI=1S/C21H13ClN2O3S/c22-15-8-6-13(7-9-15)17-11-10-16(27-17)12-18-20(26)24-21(28-18)23-19(25)14-4-2-1-3-5-14/h1-12H,(H,23,24,25,26)/b18-12-. The van der Waals surface area contributed by atoms with Crippen molar-refractivity contribution in [2.45, 2.75) is 0 Å². The van der Waals surface area contributed by atoms with E-state index in [1.54, 1.807) is 48.5 Å². The number of carbonyl (C=O) groups is 2. The second kappa shape index (κ2) is 7.88. The Morgan fingerprint density at radius 3 is 2.54 bits per heavy atom. The van der Waals surface area contributed by atoms with Crippen LogP contribution in [0.15, 0.2) is 81.0 Å². The molecule has 1 saturated heterocycles. The van der Waals surface area contributed by atoms with E-state index < -0.39 is 5.91 Å². The number of halogens is 1. The van der Waals surface area contributed by atoms with Crippen molar-refractivity contribution in [1.29, 1.82) is 0 Å². The summed E-state index contributed by atoms with van der Waals surface area (Å²) >= 11 is 7.00. The Morgan fingerprint density at radius 2 is 1.79 bits per heavy atom. The van der Waals surface area contributed by atoms with Crippen molar-refractivity contribution in [1.82, 2.24) is 5.32 Å². The van der Waals surface area contributed by atoms with Crippen molar-refractivity contribution in [3.05, 3.63) is 88.0 Å². The van der Waals surface area contributed by atoms with E-state index in [1.165, 1.54) is 0 Å². The first-order valence-electron chi connectivity index (χ1n) is 8.33. The number of benzene rings is 2. The van der Waals surface area contributed by atoms with Crippen LogP contribution in [0, 0.1) is 0 Å². The van der Waals surface area contributed by atoms with Gasteiger partial charge in [-0.1, -0.05) is 29.8 Å². The van der Waals surface area contributed by atoms with Crippen molar-refractivity contribution in [2.24, 2.45) is 4.99 Å². The van der Waals surface area contributed by atoms with Crippen molar-refractivity contribution < 1.29 is 14.0 Å². The highest BCUT2D eigenvalue weighted by atomic mass is 35.5. The van der Waals surface area contributed by atoms with Gasteiger partial charge in [0.05, 0.1) is 4.91 Å². The fourth-order valence-electron chi connectivity index (χ4n) is 2.55. The highest BCUT2D eigenvalue weighted by Crippen LogP contribution is 2.29. The number of furan rings is 1. The zero-order chi connectivity index (χ0) is 19.5. The molecular weight excluding hydrogens is 396 g/mol. The number of hydrogen-bond donors (Lipinski definition) is 1. The molecule has 7 heteroatoms. The van der Waals surface area contributed by atoms with E-state index in [1.807, 2.05) is 24.3 Å². The predicted molar refractivity (Wildman–Crippen MR) is 111 cm³/mol. The minimum absolute atomic E-state index is 0.245. The first kappa shape index (κ1) is 18.3. The molecule has 3 aromatic rings. The lowest BCUT2D eigenvalue weighted by molar-refractivity contribution is -0.115. The fraction of sp³-hybridized carbons (Fsp3) is 0. The van der Waals surface area contributed by atoms with Gasteiger partial charge in [0.25, 0.3) is 11.8 Å². The van der Waals surface area contributed by atoms with Crippen molar-refractivity contribution >= 4 is 46.4 Å². The quantitative estimate of drug-likeness (QED) is 0.619. The van der Waals surface area contributed by atoms with Gasteiger partial charge in [0, 0.05) is 22.2 Å². The van der Waals surface area contributed by atoms with Crippen LogP contribution in [-0.4, -0.2) is 17.0 Å². The van der Waals surface area contributed by atoms with E-state index >= 15 is 0 Å². The van der Waals surface area contributed by atoms with Crippen LogP contribution in [0.25, 0.3) is 17.4 Å². The molecule has 2 heterocycles. The molecule has 0 radical (unpaired) electrons. The Morgan fingerprint density at radius 1 is 1.04 bits per heavy atom. The predicted octanol–water partition coefficient (Wildman–Crippen LogP) is 5.00. The van der Waals surface area contributed by atoms with E-state index in [9.17, 15) is 9.59 Å². The molecule has 0 spiro atoms. The average molecular weight is 409 g/mol. The Kier molecular flexibility index (Phi) is 5.14. The molecule has 28 heavy (non-hydrogen) atoms. The van der Waals surface area contributed by atoms with Gasteiger partial charge in [-0.3, -0.25) is 9.59 Å². The maximum Gasteiger partial charge on any atom is 0.279 e. The SMILES string of the molecule is O=C1NC(=NC(=O)c2ccccc2)S/C1=C\c1ccc(-c2ccc(Cl)cc2)o1. The molecule has 2 aromatic carbocycles. The van der Waals surface area contributed by atoms with Crippen LogP contribution in [0.4, 0.5) is 0 Å². The summed E-state index contributed by atoms with van der Waals surface area (Å²) in [7, 11) is 0. The number of nitrogens with zero attached hydrogens (tertiary/aromatic N) is 1. The van der Waals surface area contributed by atoms with Gasteiger partial charge in [0.1, 0.15) is 11.5 Å². The highest BCUT2D eigenvalue weighted by Gasteiger charge is 2.25. The lowest BCUT2D eigenvalue weighted by atomic mass is 10.2. The largest absolute Gasteiger partial charge is 0.457 e. The molecule has 2 amide bonds. The smallest absolute Gasteiger partial charge is 0.279 e. The lowest BCUT2D eigenvalue weighted by Gasteiger charge is -1.96. The number of amides is 2. The second-order valence-electron chi connectivity index (χ2n) is 5.86. The summed E-state index contributed by atoms with van der Waals surface area (Å²) in [6.45, 7) is 0. The molecule has 1 aromatic heterocycles. The molecular formula is C21H13ClN2O3S. The van der Waals surface area contributed by atoms with Crippen molar-refractivity contribution in [3.8, 4) is 11.3 Å². The van der Waals surface area contributed by atoms with Crippen LogP contribution in [-0.2, 0) is 4.79 Å². The summed E-state index contributed by atoms with van der Waals surface area (Å²) in [4.78, 5) is 28.7. The van der Waals surface area contributed by atoms with Crippen LogP contribution >= 0.6 is 23.4 Å². The van der Waals surface area contributed by atoms with Crippen LogP contribution in [0.1, 0.15) is 16.1 Å². The van der Waals surface area contributed by atoms with Crippen LogP contribution in [0.5, 0.6) is 0 Å². The van der Waals surface area contributed by atoms with Crippen molar-refractivity contribution in [2.75, 3.05) is 0 Å².